The summed E-state index contributed by atoms with van der Waals surface area (Å²) in [6.07, 6.45) is -0.165. The molecule has 2 fully saturated rings. The second kappa shape index (κ2) is 7.73. The maximum absolute atomic E-state index is 13.4. The number of nitrogens with zero attached hydrogens (tertiary/aromatic N) is 1. The van der Waals surface area contributed by atoms with Crippen LogP contribution in [0.2, 0.25) is 0 Å². The molecule has 2 heterocycles. The van der Waals surface area contributed by atoms with Gasteiger partial charge in [0.25, 0.3) is 5.91 Å². The smallest absolute Gasteiger partial charge is 0.341 e. The molecule has 2 aliphatic heterocycles. The number of fused-ring (bicyclic) bond motifs is 2. The molecule has 1 amide bonds. The highest BCUT2D eigenvalue weighted by Gasteiger charge is 2.52. The number of likely N-dealkylation sites (N-methyl/N-ethyl adjacent to an activating group) is 1. The molecule has 3 atom stereocenters. The van der Waals surface area contributed by atoms with Crippen LogP contribution in [0.15, 0.2) is 48.5 Å². The molecule has 6 heteroatoms. The average Bonchev–Trinajstić information content (AvgIpc) is 2.99. The molecule has 1 N–H and O–H groups in total. The number of carbonyl (C=O) groups is 1. The molecule has 2 saturated heterocycles. The summed E-state index contributed by atoms with van der Waals surface area (Å²) in [6, 6.07) is 14.1. The SMILES string of the molecule is CCc1cc(C(F)(F)F)ccc1C(=O)N[C@]1(c2ccccc2)CC[C@H]2CC[C@@H]1N2C. The van der Waals surface area contributed by atoms with Gasteiger partial charge in [-0.1, -0.05) is 37.3 Å². The first-order valence-electron chi connectivity index (χ1n) is 10.6. The minimum Gasteiger partial charge on any atom is -0.341 e. The van der Waals surface area contributed by atoms with Crippen LogP contribution in [0.1, 0.15) is 59.7 Å². The van der Waals surface area contributed by atoms with Crippen molar-refractivity contribution in [1.82, 2.24) is 10.2 Å². The van der Waals surface area contributed by atoms with E-state index in [0.717, 1.165) is 43.4 Å². The Labute approximate surface area is 175 Å². The van der Waals surface area contributed by atoms with E-state index in [4.69, 9.17) is 0 Å². The number of benzene rings is 2. The molecule has 0 aliphatic carbocycles. The van der Waals surface area contributed by atoms with Crippen molar-refractivity contribution >= 4 is 5.91 Å². The van der Waals surface area contributed by atoms with E-state index in [1.54, 1.807) is 6.92 Å². The zero-order valence-electron chi connectivity index (χ0n) is 17.3. The van der Waals surface area contributed by atoms with E-state index in [2.05, 4.69) is 17.3 Å². The number of rotatable bonds is 4. The predicted octanol–water partition coefficient (Wildman–Crippen LogP) is 5.15. The van der Waals surface area contributed by atoms with Crippen LogP contribution >= 0.6 is 0 Å². The van der Waals surface area contributed by atoms with Gasteiger partial charge in [-0.25, -0.2) is 0 Å². The molecular weight excluding hydrogens is 389 g/mol. The van der Waals surface area contributed by atoms with Crippen molar-refractivity contribution in [3.05, 3.63) is 70.8 Å². The quantitative estimate of drug-likeness (QED) is 0.748. The van der Waals surface area contributed by atoms with Crippen molar-refractivity contribution in [2.45, 2.75) is 62.8 Å². The van der Waals surface area contributed by atoms with Gasteiger partial charge in [-0.15, -0.1) is 0 Å². The van der Waals surface area contributed by atoms with Crippen LogP contribution in [0, 0.1) is 0 Å². The van der Waals surface area contributed by atoms with Crippen LogP contribution < -0.4 is 5.32 Å². The molecule has 160 valence electrons. The molecule has 0 unspecified atom stereocenters. The Morgan fingerprint density at radius 1 is 1.13 bits per heavy atom. The maximum atomic E-state index is 13.4. The lowest BCUT2D eigenvalue weighted by Crippen LogP contribution is -2.61. The monoisotopic (exact) mass is 416 g/mol. The van der Waals surface area contributed by atoms with Crippen molar-refractivity contribution in [3.63, 3.8) is 0 Å². The number of hydrogen-bond donors (Lipinski definition) is 1. The molecule has 0 aromatic heterocycles. The van der Waals surface area contributed by atoms with Crippen molar-refractivity contribution in [2.24, 2.45) is 0 Å². The van der Waals surface area contributed by atoms with E-state index in [1.165, 1.54) is 6.07 Å². The van der Waals surface area contributed by atoms with Crippen molar-refractivity contribution in [3.8, 4) is 0 Å². The Morgan fingerprint density at radius 3 is 2.53 bits per heavy atom. The van der Waals surface area contributed by atoms with E-state index in [9.17, 15) is 18.0 Å². The van der Waals surface area contributed by atoms with Gasteiger partial charge < -0.3 is 5.32 Å². The zero-order chi connectivity index (χ0) is 21.5. The fraction of sp³-hybridized carbons (Fsp3) is 0.458. The molecule has 2 aromatic rings. The number of hydrogen-bond acceptors (Lipinski definition) is 2. The lowest BCUT2D eigenvalue weighted by molar-refractivity contribution is -0.137. The van der Waals surface area contributed by atoms with E-state index >= 15 is 0 Å². The average molecular weight is 416 g/mol. The second-order valence-electron chi connectivity index (χ2n) is 8.47. The minimum atomic E-state index is -4.42. The van der Waals surface area contributed by atoms with E-state index in [0.29, 0.717) is 23.6 Å². The lowest BCUT2D eigenvalue weighted by atomic mass is 9.76. The summed E-state index contributed by atoms with van der Waals surface area (Å²) in [7, 11) is 2.11. The number of nitrogens with one attached hydrogen (secondary N) is 1. The highest BCUT2D eigenvalue weighted by Crippen LogP contribution is 2.46. The summed E-state index contributed by atoms with van der Waals surface area (Å²) in [5.74, 6) is -0.303. The van der Waals surface area contributed by atoms with E-state index in [-0.39, 0.29) is 11.9 Å². The number of alkyl halides is 3. The number of piperidine rings is 1. The second-order valence-corrected chi connectivity index (χ2v) is 8.47. The van der Waals surface area contributed by atoms with Crippen LogP contribution in [-0.2, 0) is 18.1 Å². The normalized spacial score (nSPS) is 26.6. The fourth-order valence-electron chi connectivity index (χ4n) is 5.36. The summed E-state index contributed by atoms with van der Waals surface area (Å²) in [6.45, 7) is 1.77. The molecule has 4 rings (SSSR count). The maximum Gasteiger partial charge on any atom is 0.416 e. The topological polar surface area (TPSA) is 32.3 Å². The van der Waals surface area contributed by atoms with Gasteiger partial charge in [0, 0.05) is 17.6 Å². The van der Waals surface area contributed by atoms with Crippen LogP contribution in [0.25, 0.3) is 0 Å². The van der Waals surface area contributed by atoms with Gasteiger partial charge >= 0.3 is 6.18 Å². The first-order valence-corrected chi connectivity index (χ1v) is 10.6. The number of aryl methyl sites for hydroxylation is 1. The Balaban J connectivity index is 1.72. The highest BCUT2D eigenvalue weighted by atomic mass is 19.4. The van der Waals surface area contributed by atoms with Crippen LogP contribution in [0.5, 0.6) is 0 Å². The summed E-state index contributed by atoms with van der Waals surface area (Å²) in [4.78, 5) is 15.8. The Morgan fingerprint density at radius 2 is 1.87 bits per heavy atom. The summed E-state index contributed by atoms with van der Waals surface area (Å²) in [5.41, 5.74) is 0.529. The van der Waals surface area contributed by atoms with Crippen molar-refractivity contribution in [2.75, 3.05) is 7.05 Å². The molecule has 0 radical (unpaired) electrons. The lowest BCUT2D eigenvalue weighted by Gasteiger charge is -2.48. The van der Waals surface area contributed by atoms with Crippen LogP contribution in [0.3, 0.4) is 0 Å². The largest absolute Gasteiger partial charge is 0.416 e. The first kappa shape index (κ1) is 20.9. The van der Waals surface area contributed by atoms with Gasteiger partial charge in [0.15, 0.2) is 0 Å². The van der Waals surface area contributed by atoms with E-state index in [1.807, 2.05) is 30.3 Å². The summed E-state index contributed by atoms with van der Waals surface area (Å²) in [5, 5.41) is 3.29. The van der Waals surface area contributed by atoms with Crippen molar-refractivity contribution < 1.29 is 18.0 Å². The third kappa shape index (κ3) is 3.51. The first-order chi connectivity index (χ1) is 14.3. The number of amides is 1. The number of carbonyl (C=O) groups excluding carboxylic acids is 1. The van der Waals surface area contributed by atoms with Gasteiger partial charge in [0.05, 0.1) is 11.1 Å². The Kier molecular flexibility index (Phi) is 5.39. The molecule has 2 bridgehead atoms. The molecule has 0 saturated carbocycles. The molecular formula is C24H27F3N2O. The molecule has 30 heavy (non-hydrogen) atoms. The minimum absolute atomic E-state index is 0.169. The zero-order valence-corrected chi connectivity index (χ0v) is 17.3. The Hall–Kier alpha value is -2.34. The third-order valence-electron chi connectivity index (χ3n) is 6.97. The third-order valence-corrected chi connectivity index (χ3v) is 6.97. The fourth-order valence-corrected chi connectivity index (χ4v) is 5.36. The Bertz CT molecular complexity index is 928. The van der Waals surface area contributed by atoms with Crippen LogP contribution in [0.4, 0.5) is 13.2 Å². The highest BCUT2D eigenvalue weighted by molar-refractivity contribution is 5.96. The van der Waals surface area contributed by atoms with Crippen LogP contribution in [-0.4, -0.2) is 29.9 Å². The molecule has 3 nitrogen and oxygen atoms in total. The van der Waals surface area contributed by atoms with Gasteiger partial charge in [-0.2, -0.15) is 13.2 Å². The summed E-state index contributed by atoms with van der Waals surface area (Å²) < 4.78 is 39.4. The van der Waals surface area contributed by atoms with Gasteiger partial charge in [0.1, 0.15) is 0 Å². The molecule has 0 spiro atoms. The van der Waals surface area contributed by atoms with E-state index < -0.39 is 17.3 Å². The van der Waals surface area contributed by atoms with Gasteiger partial charge in [-0.05, 0) is 68.5 Å². The van der Waals surface area contributed by atoms with Crippen molar-refractivity contribution in [1.29, 1.82) is 0 Å². The van der Waals surface area contributed by atoms with Gasteiger partial charge in [0.2, 0.25) is 0 Å². The molecule has 2 aromatic carbocycles. The summed E-state index contributed by atoms with van der Waals surface area (Å²) >= 11 is 0. The molecule has 2 aliphatic rings. The predicted molar refractivity (Wildman–Crippen MR) is 110 cm³/mol. The number of halogens is 3. The standard InChI is InChI=1S/C24H27F3N2O/c1-3-16-15-18(24(25,26)27)9-11-20(16)22(30)28-23(17-7-5-4-6-8-17)14-13-19-10-12-21(23)29(19)2/h4-9,11,15,19,21H,3,10,12-14H2,1-2H3,(H,28,30)/t19-,21+,23+/m1/s1. The van der Waals surface area contributed by atoms with Gasteiger partial charge in [-0.3, -0.25) is 9.69 Å².